The molecule has 0 radical (unpaired) electrons. The number of carbonyl (C=O) groups is 1. The number of ether oxygens (including phenoxy) is 1. The first kappa shape index (κ1) is 20.5. The van der Waals surface area contributed by atoms with Gasteiger partial charge in [-0.15, -0.1) is 0 Å². The van der Waals surface area contributed by atoms with Gasteiger partial charge in [-0.2, -0.15) is 0 Å². The largest absolute Gasteiger partial charge is 0.497 e. The van der Waals surface area contributed by atoms with Crippen LogP contribution < -0.4 is 14.5 Å². The zero-order valence-corrected chi connectivity index (χ0v) is 18.1. The van der Waals surface area contributed by atoms with Crippen molar-refractivity contribution in [2.75, 3.05) is 31.0 Å². The van der Waals surface area contributed by atoms with Crippen LogP contribution in [0.5, 0.6) is 5.75 Å². The van der Waals surface area contributed by atoms with Crippen molar-refractivity contribution in [1.82, 2.24) is 0 Å². The third kappa shape index (κ3) is 4.53. The number of rotatable bonds is 6. The summed E-state index contributed by atoms with van der Waals surface area (Å²) in [4.78, 5) is 17.5. The maximum absolute atomic E-state index is 13.6. The van der Waals surface area contributed by atoms with Gasteiger partial charge in [0.15, 0.2) is 0 Å². The van der Waals surface area contributed by atoms with Crippen LogP contribution in [-0.4, -0.2) is 27.1 Å². The molecule has 0 fully saturated rings. The fourth-order valence-corrected chi connectivity index (χ4v) is 3.60. The Bertz CT molecular complexity index is 1180. The first-order valence-electron chi connectivity index (χ1n) is 10.3. The summed E-state index contributed by atoms with van der Waals surface area (Å²) < 4.78 is 5.29. The summed E-state index contributed by atoms with van der Waals surface area (Å²) in [5.74, 6) is 0.727. The van der Waals surface area contributed by atoms with Gasteiger partial charge in [-0.3, -0.25) is 4.79 Å². The van der Waals surface area contributed by atoms with Crippen molar-refractivity contribution in [3.05, 3.63) is 102 Å². The van der Waals surface area contributed by atoms with Gasteiger partial charge in [0.2, 0.25) is 0 Å². The molecule has 0 atom stereocenters. The molecule has 0 N–H and O–H groups in total. The Morgan fingerprint density at radius 1 is 0.774 bits per heavy atom. The molecular weight excluding hydrogens is 384 g/mol. The summed E-state index contributed by atoms with van der Waals surface area (Å²) in [5, 5.41) is 2.17. The average molecular weight is 411 g/mol. The maximum atomic E-state index is 13.6. The van der Waals surface area contributed by atoms with Crippen LogP contribution in [0.15, 0.2) is 91.0 Å². The van der Waals surface area contributed by atoms with Crippen molar-refractivity contribution in [3.8, 4) is 5.75 Å². The van der Waals surface area contributed by atoms with Crippen molar-refractivity contribution in [3.63, 3.8) is 0 Å². The van der Waals surface area contributed by atoms with Crippen LogP contribution in [0.4, 0.5) is 11.4 Å². The smallest absolute Gasteiger partial charge is 0.258 e. The van der Waals surface area contributed by atoms with E-state index in [-0.39, 0.29) is 5.91 Å². The van der Waals surface area contributed by atoms with E-state index in [2.05, 4.69) is 35.2 Å². The van der Waals surface area contributed by atoms with Crippen molar-refractivity contribution < 1.29 is 9.53 Å². The van der Waals surface area contributed by atoms with E-state index in [1.54, 1.807) is 7.11 Å². The molecule has 4 aromatic rings. The second-order valence-electron chi connectivity index (χ2n) is 7.71. The molecule has 0 saturated heterocycles. The highest BCUT2D eigenvalue weighted by Gasteiger charge is 2.19. The number of anilines is 2. The molecule has 0 spiro atoms. The van der Waals surface area contributed by atoms with Crippen LogP contribution in [0.25, 0.3) is 10.8 Å². The van der Waals surface area contributed by atoms with E-state index < -0.39 is 0 Å². The first-order chi connectivity index (χ1) is 15.0. The lowest BCUT2D eigenvalue weighted by molar-refractivity contribution is 0.0985. The zero-order chi connectivity index (χ0) is 21.8. The molecule has 0 bridgehead atoms. The minimum atomic E-state index is -0.0346. The van der Waals surface area contributed by atoms with Crippen molar-refractivity contribution in [2.45, 2.75) is 6.54 Å². The molecule has 0 aromatic heterocycles. The van der Waals surface area contributed by atoms with Gasteiger partial charge in [-0.05, 0) is 64.9 Å². The summed E-state index contributed by atoms with van der Waals surface area (Å²) in [5.41, 5.74) is 3.69. The molecule has 156 valence electrons. The van der Waals surface area contributed by atoms with Crippen molar-refractivity contribution >= 4 is 28.1 Å². The van der Waals surface area contributed by atoms with Crippen LogP contribution in [0.1, 0.15) is 15.9 Å². The van der Waals surface area contributed by atoms with Gasteiger partial charge in [0.05, 0.1) is 13.7 Å². The fraction of sp³-hybridized carbons (Fsp3) is 0.148. The van der Waals surface area contributed by atoms with Crippen LogP contribution in [0, 0.1) is 0 Å². The molecule has 1 amide bonds. The summed E-state index contributed by atoms with van der Waals surface area (Å²) in [7, 11) is 5.67. The average Bonchev–Trinajstić information content (AvgIpc) is 2.82. The van der Waals surface area contributed by atoms with Crippen LogP contribution in [-0.2, 0) is 6.54 Å². The number of amides is 1. The lowest BCUT2D eigenvalue weighted by atomic mass is 10.1. The molecule has 31 heavy (non-hydrogen) atoms. The van der Waals surface area contributed by atoms with Gasteiger partial charge in [-0.25, -0.2) is 0 Å². The number of benzene rings is 4. The third-order valence-corrected chi connectivity index (χ3v) is 5.42. The topological polar surface area (TPSA) is 32.8 Å². The molecule has 4 heteroatoms. The van der Waals surface area contributed by atoms with Gasteiger partial charge in [0.25, 0.3) is 5.91 Å². The molecule has 0 unspecified atom stereocenters. The summed E-state index contributed by atoms with van der Waals surface area (Å²) in [6.45, 7) is 0.478. The maximum Gasteiger partial charge on any atom is 0.258 e. The molecule has 4 nitrogen and oxygen atoms in total. The van der Waals surface area contributed by atoms with E-state index in [0.717, 1.165) is 33.5 Å². The number of hydrogen-bond acceptors (Lipinski definition) is 3. The van der Waals surface area contributed by atoms with Crippen molar-refractivity contribution in [2.24, 2.45) is 0 Å². The number of hydrogen-bond donors (Lipinski definition) is 0. The summed E-state index contributed by atoms with van der Waals surface area (Å²) >= 11 is 0. The second kappa shape index (κ2) is 8.92. The molecule has 0 saturated carbocycles. The van der Waals surface area contributed by atoms with Gasteiger partial charge in [0.1, 0.15) is 5.75 Å². The highest BCUT2D eigenvalue weighted by atomic mass is 16.5. The summed E-state index contributed by atoms with van der Waals surface area (Å²) in [6, 6.07) is 29.8. The van der Waals surface area contributed by atoms with Gasteiger partial charge in [-0.1, -0.05) is 42.5 Å². The normalized spacial score (nSPS) is 10.7. The highest BCUT2D eigenvalue weighted by molar-refractivity contribution is 6.08. The fourth-order valence-electron chi connectivity index (χ4n) is 3.60. The number of carbonyl (C=O) groups excluding carboxylic acids is 1. The van der Waals surface area contributed by atoms with E-state index >= 15 is 0 Å². The van der Waals surface area contributed by atoms with Gasteiger partial charge >= 0.3 is 0 Å². The lowest BCUT2D eigenvalue weighted by Crippen LogP contribution is -2.30. The molecule has 0 aliphatic heterocycles. The monoisotopic (exact) mass is 410 g/mol. The quantitative estimate of drug-likeness (QED) is 0.405. The second-order valence-corrected chi connectivity index (χ2v) is 7.71. The Morgan fingerprint density at radius 2 is 1.42 bits per heavy atom. The van der Waals surface area contributed by atoms with Crippen LogP contribution >= 0.6 is 0 Å². The predicted octanol–water partition coefficient (Wildman–Crippen LogP) is 5.76. The molecule has 4 rings (SSSR count). The zero-order valence-electron chi connectivity index (χ0n) is 18.1. The SMILES string of the molecule is COc1ccc(N(Cc2ccc(N(C)C)cc2)C(=O)c2ccc3ccccc3c2)cc1. The molecule has 0 aliphatic carbocycles. The molecular formula is C27H26N2O2. The Balaban J connectivity index is 1.70. The third-order valence-electron chi connectivity index (χ3n) is 5.42. The Labute approximate surface area is 183 Å². The van der Waals surface area contributed by atoms with E-state index in [9.17, 15) is 4.79 Å². The molecule has 4 aromatic carbocycles. The van der Waals surface area contributed by atoms with Crippen LogP contribution in [0.3, 0.4) is 0 Å². The predicted molar refractivity (Wildman–Crippen MR) is 128 cm³/mol. The molecule has 0 aliphatic rings. The van der Waals surface area contributed by atoms with E-state index in [4.69, 9.17) is 4.74 Å². The number of fused-ring (bicyclic) bond motifs is 1. The summed E-state index contributed by atoms with van der Waals surface area (Å²) in [6.07, 6.45) is 0. The lowest BCUT2D eigenvalue weighted by Gasteiger charge is -2.24. The number of nitrogens with zero attached hydrogens (tertiary/aromatic N) is 2. The highest BCUT2D eigenvalue weighted by Crippen LogP contribution is 2.25. The van der Waals surface area contributed by atoms with E-state index in [1.807, 2.05) is 79.7 Å². The molecule has 0 heterocycles. The van der Waals surface area contributed by atoms with E-state index in [1.165, 1.54) is 0 Å². The Morgan fingerprint density at radius 3 is 2.06 bits per heavy atom. The van der Waals surface area contributed by atoms with Crippen molar-refractivity contribution in [1.29, 1.82) is 0 Å². The van der Waals surface area contributed by atoms with Crippen LogP contribution in [0.2, 0.25) is 0 Å². The minimum absolute atomic E-state index is 0.0346. The Kier molecular flexibility index (Phi) is 5.89. The van der Waals surface area contributed by atoms with E-state index in [0.29, 0.717) is 12.1 Å². The first-order valence-corrected chi connectivity index (χ1v) is 10.3. The van der Waals surface area contributed by atoms with Gasteiger partial charge < -0.3 is 14.5 Å². The standard InChI is InChI=1S/C27H26N2O2/c1-28(2)24-12-8-20(9-13-24)19-29(25-14-16-26(31-3)17-15-25)27(30)23-11-10-21-6-4-5-7-22(21)18-23/h4-18H,19H2,1-3H3. The Hall–Kier alpha value is -3.79. The van der Waals surface area contributed by atoms with Gasteiger partial charge in [0, 0.05) is 31.0 Å². The minimum Gasteiger partial charge on any atom is -0.497 e. The number of methoxy groups -OCH3 is 1.